The molecule has 0 bridgehead atoms. The van der Waals surface area contributed by atoms with Crippen LogP contribution >= 0.6 is 34.3 Å². The number of benzene rings is 6. The highest BCUT2D eigenvalue weighted by atomic mass is 35.5. The van der Waals surface area contributed by atoms with Crippen LogP contribution in [0.25, 0.3) is 42.4 Å². The van der Waals surface area contributed by atoms with Crippen molar-refractivity contribution in [2.45, 2.75) is 13.8 Å². The van der Waals surface area contributed by atoms with Crippen molar-refractivity contribution in [1.82, 2.24) is 9.80 Å². The summed E-state index contributed by atoms with van der Waals surface area (Å²) in [6.45, 7) is 8.83. The molecule has 0 aliphatic carbocycles. The quantitative estimate of drug-likeness (QED) is 0.0924. The smallest absolute Gasteiger partial charge is 0.203 e. The van der Waals surface area contributed by atoms with Gasteiger partial charge in [0.25, 0.3) is 0 Å². The molecule has 6 aromatic carbocycles. The number of hydrogen-bond acceptors (Lipinski definition) is 10. The molecule has 14 heteroatoms. The highest BCUT2D eigenvalue weighted by Gasteiger charge is 2.28. The number of aromatic hydroxyl groups is 2. The summed E-state index contributed by atoms with van der Waals surface area (Å²) in [5.74, 6) is 1.45. The van der Waals surface area contributed by atoms with E-state index in [1.54, 1.807) is 49.4 Å². The summed E-state index contributed by atoms with van der Waals surface area (Å²) in [6.07, 6.45) is 0. The first-order valence-corrected chi connectivity index (χ1v) is 25.0. The number of phenolic OH excluding ortho intramolecular Hbond substituents is 2. The lowest BCUT2D eigenvalue weighted by Gasteiger charge is -2.37. The van der Waals surface area contributed by atoms with E-state index in [4.69, 9.17) is 21.1 Å². The van der Waals surface area contributed by atoms with Gasteiger partial charge in [-0.15, -0.1) is 22.7 Å². The molecule has 0 radical (unpaired) electrons. The monoisotopic (exact) mass is 1000 g/mol. The van der Waals surface area contributed by atoms with E-state index >= 15 is 0 Å². The maximum atomic E-state index is 13.6. The maximum Gasteiger partial charge on any atom is 0.203 e. The molecule has 10 rings (SSSR count). The Morgan fingerprint density at radius 1 is 0.600 bits per heavy atom. The van der Waals surface area contributed by atoms with E-state index in [0.717, 1.165) is 98.8 Å². The number of thiophene rings is 2. The van der Waals surface area contributed by atoms with Gasteiger partial charge in [-0.2, -0.15) is 0 Å². The number of phenols is 2. The molecule has 2 N–H and O–H groups in total. The zero-order chi connectivity index (χ0) is 49.1. The van der Waals surface area contributed by atoms with Crippen molar-refractivity contribution in [3.63, 3.8) is 0 Å². The Bertz CT molecular complexity index is 2970. The lowest BCUT2D eigenvalue weighted by Crippen LogP contribution is -2.49. The summed E-state index contributed by atoms with van der Waals surface area (Å²) in [5, 5.41) is 22.4. The fraction of sp³-hybridized carbons (Fsp3) is 0.250. The minimum atomic E-state index is -0.382. The lowest BCUT2D eigenvalue weighted by molar-refractivity contribution is 0.0668. The second-order valence-corrected chi connectivity index (χ2v) is 20.4. The second kappa shape index (κ2) is 21.4. The number of aryl methyl sites for hydroxylation is 2. The minimum Gasteiger partial charge on any atom is -0.508 e. The molecule has 2 aromatic heterocycles. The number of hydrogen-bond donors (Lipinski definition) is 2. The van der Waals surface area contributed by atoms with Gasteiger partial charge in [0.2, 0.25) is 11.6 Å². The zero-order valence-corrected chi connectivity index (χ0v) is 40.9. The topological polar surface area (TPSA) is 99.5 Å². The molecule has 2 aliphatic rings. The van der Waals surface area contributed by atoms with Crippen molar-refractivity contribution >= 4 is 66.0 Å². The summed E-state index contributed by atoms with van der Waals surface area (Å²) >= 11 is 8.79. The number of halogens is 4. The van der Waals surface area contributed by atoms with E-state index in [9.17, 15) is 33.0 Å². The Morgan fingerprint density at radius 2 is 1.03 bits per heavy atom. The third-order valence-corrected chi connectivity index (χ3v) is 15.3. The van der Waals surface area contributed by atoms with Gasteiger partial charge in [0, 0.05) is 98.6 Å². The predicted molar refractivity (Wildman–Crippen MR) is 275 cm³/mol. The average Bonchev–Trinajstić information content (AvgIpc) is 3.89. The van der Waals surface area contributed by atoms with Crippen LogP contribution in [0, 0.1) is 31.5 Å². The van der Waals surface area contributed by atoms with E-state index in [0.29, 0.717) is 44.7 Å². The van der Waals surface area contributed by atoms with Crippen molar-refractivity contribution in [1.29, 1.82) is 0 Å². The van der Waals surface area contributed by atoms with Crippen LogP contribution in [-0.4, -0.2) is 97.4 Å². The number of ketones is 2. The molecule has 4 heterocycles. The summed E-state index contributed by atoms with van der Waals surface area (Å²) in [7, 11) is 0. The number of carbonyl (C=O) groups is 2. The standard InChI is InChI=1S/C28H25ClFNO3S.C28H25F2NO3S/c1-17-12-20(29)4-8-23(17)27(33)28-26(24-9-5-21(32)13-25(24)35-28)19-2-6-22(7-3-19)34-11-10-31-15-18(14-30)16-31;1-17-12-20(30)4-8-23(17)27(33)28-26(24-9-5-21(32)13-25(24)35-28)19-2-6-22(7-3-19)34-11-10-31-15-18(14-29)16-31/h2*2-9,12-13,18,32H,10-11,14-16H2,1H3. The van der Waals surface area contributed by atoms with E-state index < -0.39 is 0 Å². The summed E-state index contributed by atoms with van der Waals surface area (Å²) in [4.78, 5) is 32.7. The molecule has 2 aliphatic heterocycles. The third kappa shape index (κ3) is 10.7. The van der Waals surface area contributed by atoms with E-state index in [-0.39, 0.29) is 54.1 Å². The van der Waals surface area contributed by atoms with Gasteiger partial charge >= 0.3 is 0 Å². The van der Waals surface area contributed by atoms with E-state index in [2.05, 4.69) is 9.80 Å². The fourth-order valence-electron chi connectivity index (χ4n) is 9.01. The van der Waals surface area contributed by atoms with Crippen LogP contribution < -0.4 is 9.47 Å². The van der Waals surface area contributed by atoms with Crippen LogP contribution in [-0.2, 0) is 0 Å². The summed E-state index contributed by atoms with van der Waals surface area (Å²) in [5.41, 5.74) is 5.82. The Hall–Kier alpha value is -6.22. The number of rotatable bonds is 16. The Balaban J connectivity index is 0.000000174. The van der Waals surface area contributed by atoms with Gasteiger partial charge in [0.15, 0.2) is 0 Å². The van der Waals surface area contributed by atoms with Crippen molar-refractivity contribution in [3.05, 3.63) is 164 Å². The number of ether oxygens (including phenoxy) is 2. The Morgan fingerprint density at radius 3 is 1.44 bits per heavy atom. The largest absolute Gasteiger partial charge is 0.508 e. The SMILES string of the molecule is Cc1cc(Cl)ccc1C(=O)c1sc2cc(O)ccc2c1-c1ccc(OCCN2CC(CF)C2)cc1.Cc1cc(F)ccc1C(=O)c1sc2cc(O)ccc2c1-c1ccc(OCCN2CC(CF)C2)cc1. The van der Waals surface area contributed by atoms with Gasteiger partial charge in [0.1, 0.15) is 42.0 Å². The molecule has 2 fully saturated rings. The minimum absolute atomic E-state index is 0.0729. The van der Waals surface area contributed by atoms with Crippen molar-refractivity contribution < 1.29 is 42.4 Å². The molecule has 0 amide bonds. The van der Waals surface area contributed by atoms with Gasteiger partial charge in [-0.3, -0.25) is 28.2 Å². The summed E-state index contributed by atoms with van der Waals surface area (Å²) in [6, 6.07) is 35.0. The molecule has 0 atom stereocenters. The molecule has 8 aromatic rings. The van der Waals surface area contributed by atoms with Crippen LogP contribution in [0.3, 0.4) is 0 Å². The molecular formula is C56H50ClF3N2O6S2. The first kappa shape index (κ1) is 48.8. The Labute approximate surface area is 417 Å². The van der Waals surface area contributed by atoms with Crippen LogP contribution in [0.4, 0.5) is 13.2 Å². The van der Waals surface area contributed by atoms with Gasteiger partial charge in [0.05, 0.1) is 23.1 Å². The van der Waals surface area contributed by atoms with Gasteiger partial charge in [-0.1, -0.05) is 35.9 Å². The normalized spacial score (nSPS) is 14.3. The van der Waals surface area contributed by atoms with Gasteiger partial charge < -0.3 is 19.7 Å². The number of alkyl halides is 2. The van der Waals surface area contributed by atoms with E-state index in [1.165, 1.54) is 40.9 Å². The Kier molecular flexibility index (Phi) is 14.9. The highest BCUT2D eigenvalue weighted by Crippen LogP contribution is 2.44. The highest BCUT2D eigenvalue weighted by molar-refractivity contribution is 7.22. The third-order valence-electron chi connectivity index (χ3n) is 12.8. The number of fused-ring (bicyclic) bond motifs is 2. The number of nitrogens with zero attached hydrogens (tertiary/aromatic N) is 2. The van der Waals surface area contributed by atoms with Gasteiger partial charge in [-0.25, -0.2) is 4.39 Å². The van der Waals surface area contributed by atoms with Crippen LogP contribution in [0.15, 0.2) is 121 Å². The molecule has 70 heavy (non-hydrogen) atoms. The van der Waals surface area contributed by atoms with Gasteiger partial charge in [-0.05, 0) is 133 Å². The molecule has 8 nitrogen and oxygen atoms in total. The molecule has 360 valence electrons. The lowest BCUT2D eigenvalue weighted by atomic mass is 9.96. The van der Waals surface area contributed by atoms with Crippen LogP contribution in [0.5, 0.6) is 23.0 Å². The van der Waals surface area contributed by atoms with Crippen molar-refractivity contribution in [3.8, 4) is 45.3 Å². The van der Waals surface area contributed by atoms with Crippen LogP contribution in [0.1, 0.15) is 41.6 Å². The second-order valence-electron chi connectivity index (χ2n) is 17.9. The first-order valence-electron chi connectivity index (χ1n) is 23.0. The molecular weight excluding hydrogens is 953 g/mol. The van der Waals surface area contributed by atoms with E-state index in [1.807, 2.05) is 67.6 Å². The number of carbonyl (C=O) groups excluding carboxylic acids is 2. The summed E-state index contributed by atoms with van der Waals surface area (Å²) < 4.78 is 52.2. The molecule has 0 spiro atoms. The van der Waals surface area contributed by atoms with Crippen molar-refractivity contribution in [2.75, 3.05) is 65.8 Å². The first-order chi connectivity index (χ1) is 33.8. The molecule has 0 unspecified atom stereocenters. The maximum absolute atomic E-state index is 13.6. The zero-order valence-electron chi connectivity index (χ0n) is 38.5. The van der Waals surface area contributed by atoms with Crippen LogP contribution in [0.2, 0.25) is 5.02 Å². The predicted octanol–water partition coefficient (Wildman–Crippen LogP) is 13.0. The van der Waals surface area contributed by atoms with Crippen molar-refractivity contribution in [2.24, 2.45) is 11.8 Å². The average molecular weight is 1000 g/mol. The molecule has 2 saturated heterocycles. The molecule has 0 saturated carbocycles. The number of likely N-dealkylation sites (tertiary alicyclic amines) is 2. The fourth-order valence-corrected chi connectivity index (χ4v) is 11.7.